The molecule has 144 valence electrons. The van der Waals surface area contributed by atoms with Gasteiger partial charge in [0.1, 0.15) is 11.6 Å². The Morgan fingerprint density at radius 2 is 1.85 bits per heavy atom. The Kier molecular flexibility index (Phi) is 6.87. The second-order valence-corrected chi connectivity index (χ2v) is 9.10. The average Bonchev–Trinajstić information content (AvgIpc) is 2.68. The Balaban J connectivity index is 1.71. The summed E-state index contributed by atoms with van der Waals surface area (Å²) in [6, 6.07) is 6.92. The fraction of sp³-hybridized carbons (Fsp3) is 0.400. The normalized spacial score (nSPS) is 16.0. The van der Waals surface area contributed by atoms with Crippen LogP contribution in [0.3, 0.4) is 0 Å². The monoisotopic (exact) mass is 513 g/mol. The highest BCUT2D eigenvalue weighted by Crippen LogP contribution is 2.39. The van der Waals surface area contributed by atoms with E-state index < -0.39 is 0 Å². The molecule has 1 aromatic heterocycles. The Morgan fingerprint density at radius 3 is 2.52 bits per heavy atom. The van der Waals surface area contributed by atoms with Crippen molar-refractivity contribution in [2.45, 2.75) is 44.4 Å². The summed E-state index contributed by atoms with van der Waals surface area (Å²) in [4.78, 5) is 4.38. The van der Waals surface area contributed by atoms with Gasteiger partial charge in [-0.15, -0.1) is 0 Å². The fourth-order valence-corrected chi connectivity index (χ4v) is 4.80. The van der Waals surface area contributed by atoms with Crippen LogP contribution in [-0.2, 0) is 5.41 Å². The first-order valence-corrected chi connectivity index (χ1v) is 11.0. The van der Waals surface area contributed by atoms with Gasteiger partial charge in [0.2, 0.25) is 0 Å². The molecule has 2 aromatic rings. The molecular weight excluding hydrogens is 493 g/mol. The fourth-order valence-electron chi connectivity index (χ4n) is 3.65. The molecule has 0 atom stereocenters. The van der Waals surface area contributed by atoms with Gasteiger partial charge in [0.15, 0.2) is 5.11 Å². The van der Waals surface area contributed by atoms with Crippen LogP contribution in [0.4, 0.5) is 10.2 Å². The summed E-state index contributed by atoms with van der Waals surface area (Å²) in [6.07, 6.45) is 7.52. The Bertz CT molecular complexity index is 821. The van der Waals surface area contributed by atoms with Crippen molar-refractivity contribution in [3.8, 4) is 0 Å². The summed E-state index contributed by atoms with van der Waals surface area (Å²) >= 11 is 12.5. The van der Waals surface area contributed by atoms with Crippen LogP contribution in [0.15, 0.2) is 39.4 Å². The predicted octanol–water partition coefficient (Wildman–Crippen LogP) is 6.24. The van der Waals surface area contributed by atoms with E-state index in [-0.39, 0.29) is 11.2 Å². The molecule has 0 saturated heterocycles. The van der Waals surface area contributed by atoms with Crippen LogP contribution in [0.5, 0.6) is 0 Å². The lowest BCUT2D eigenvalue weighted by molar-refractivity contribution is 0.292. The van der Waals surface area contributed by atoms with E-state index >= 15 is 0 Å². The molecule has 3 rings (SSSR count). The molecule has 27 heavy (non-hydrogen) atoms. The van der Waals surface area contributed by atoms with Crippen LogP contribution in [-0.4, -0.2) is 16.6 Å². The van der Waals surface area contributed by atoms with E-state index in [9.17, 15) is 4.39 Å². The first-order chi connectivity index (χ1) is 12.9. The van der Waals surface area contributed by atoms with E-state index in [0.29, 0.717) is 10.9 Å². The molecule has 7 heteroatoms. The molecule has 1 fully saturated rings. The average molecular weight is 515 g/mol. The lowest BCUT2D eigenvalue weighted by Gasteiger charge is -2.38. The topological polar surface area (TPSA) is 37.0 Å². The van der Waals surface area contributed by atoms with Gasteiger partial charge < -0.3 is 10.6 Å². The van der Waals surface area contributed by atoms with Crippen molar-refractivity contribution in [1.82, 2.24) is 10.3 Å². The minimum absolute atomic E-state index is 0.0159. The Morgan fingerprint density at radius 1 is 1.19 bits per heavy atom. The molecule has 3 nitrogen and oxygen atoms in total. The van der Waals surface area contributed by atoms with Gasteiger partial charge in [-0.05, 0) is 87.1 Å². The number of aromatic nitrogens is 1. The largest absolute Gasteiger partial charge is 0.362 e. The number of nitrogens with one attached hydrogen (secondary N) is 2. The van der Waals surface area contributed by atoms with Crippen molar-refractivity contribution < 1.29 is 4.39 Å². The maximum Gasteiger partial charge on any atom is 0.172 e. The number of benzene rings is 1. The number of hydrogen-bond acceptors (Lipinski definition) is 2. The molecule has 0 radical (unpaired) electrons. The van der Waals surface area contributed by atoms with Crippen LogP contribution in [0, 0.1) is 12.7 Å². The number of thiocarbonyl (C=S) groups is 1. The van der Waals surface area contributed by atoms with Gasteiger partial charge in [-0.25, -0.2) is 9.37 Å². The van der Waals surface area contributed by atoms with Crippen LogP contribution in [0.1, 0.15) is 43.2 Å². The van der Waals surface area contributed by atoms with E-state index in [2.05, 4.69) is 47.5 Å². The molecule has 0 unspecified atom stereocenters. The maximum absolute atomic E-state index is 13.4. The molecular formula is C20H22Br2FN3S. The molecule has 2 N–H and O–H groups in total. The van der Waals surface area contributed by atoms with E-state index in [1.54, 1.807) is 18.3 Å². The lowest BCUT2D eigenvalue weighted by atomic mass is 9.69. The summed E-state index contributed by atoms with van der Waals surface area (Å²) in [5.74, 6) is 0.490. The van der Waals surface area contributed by atoms with E-state index in [1.165, 1.54) is 24.8 Å². The molecule has 1 aromatic carbocycles. The zero-order valence-corrected chi connectivity index (χ0v) is 19.1. The third-order valence-corrected chi connectivity index (χ3v) is 7.31. The highest BCUT2D eigenvalue weighted by atomic mass is 79.9. The smallest absolute Gasteiger partial charge is 0.172 e. The van der Waals surface area contributed by atoms with Gasteiger partial charge in [-0.3, -0.25) is 0 Å². The molecule has 1 saturated carbocycles. The Hall–Kier alpha value is -1.05. The van der Waals surface area contributed by atoms with Crippen LogP contribution < -0.4 is 10.6 Å². The van der Waals surface area contributed by atoms with Gasteiger partial charge in [-0.1, -0.05) is 31.4 Å². The van der Waals surface area contributed by atoms with Crippen molar-refractivity contribution in [3.63, 3.8) is 0 Å². The number of pyridine rings is 1. The van der Waals surface area contributed by atoms with Crippen LogP contribution >= 0.6 is 44.1 Å². The molecule has 0 aliphatic heterocycles. The van der Waals surface area contributed by atoms with E-state index in [1.807, 2.05) is 19.1 Å². The van der Waals surface area contributed by atoms with Gasteiger partial charge in [0.05, 0.1) is 4.47 Å². The lowest BCUT2D eigenvalue weighted by Crippen LogP contribution is -2.43. The van der Waals surface area contributed by atoms with Crippen molar-refractivity contribution >= 4 is 55.0 Å². The molecule has 0 amide bonds. The van der Waals surface area contributed by atoms with Crippen LogP contribution in [0.25, 0.3) is 0 Å². The Labute approximate surface area is 181 Å². The second kappa shape index (κ2) is 8.97. The first kappa shape index (κ1) is 20.7. The van der Waals surface area contributed by atoms with Gasteiger partial charge in [-0.2, -0.15) is 0 Å². The number of hydrogen-bond donors (Lipinski definition) is 2. The molecule has 1 aliphatic rings. The number of nitrogens with zero attached hydrogens (tertiary/aromatic N) is 1. The first-order valence-electron chi connectivity index (χ1n) is 9.03. The minimum atomic E-state index is -0.198. The molecule has 0 spiro atoms. The third kappa shape index (κ3) is 4.87. The van der Waals surface area contributed by atoms with Gasteiger partial charge in [0.25, 0.3) is 0 Å². The molecule has 0 bridgehead atoms. The zero-order chi connectivity index (χ0) is 19.4. The maximum atomic E-state index is 13.4. The quantitative estimate of drug-likeness (QED) is 0.473. The van der Waals surface area contributed by atoms with E-state index in [0.717, 1.165) is 33.9 Å². The minimum Gasteiger partial charge on any atom is -0.362 e. The SMILES string of the molecule is Cc1c(Br)cnc(NC(=S)NCC2(c3ccc(F)cc3)CCCCC2)c1Br. The highest BCUT2D eigenvalue weighted by molar-refractivity contribution is 9.11. The number of anilines is 1. The summed E-state index contributed by atoms with van der Waals surface area (Å²) < 4.78 is 15.2. The summed E-state index contributed by atoms with van der Waals surface area (Å²) in [6.45, 7) is 2.72. The number of halogens is 3. The van der Waals surface area contributed by atoms with E-state index in [4.69, 9.17) is 12.2 Å². The highest BCUT2D eigenvalue weighted by Gasteiger charge is 2.34. The third-order valence-electron chi connectivity index (χ3n) is 5.29. The summed E-state index contributed by atoms with van der Waals surface area (Å²) in [5.41, 5.74) is 2.22. The second-order valence-electron chi connectivity index (χ2n) is 7.05. The summed E-state index contributed by atoms with van der Waals surface area (Å²) in [7, 11) is 0. The number of rotatable bonds is 4. The standard InChI is InChI=1S/C20H22Br2FN3S/c1-13-16(21)11-24-18(17(13)22)26-19(27)25-12-20(9-3-2-4-10-20)14-5-7-15(23)8-6-14/h5-8,11H,2-4,9-10,12H2,1H3,(H2,24,25,26,27). The van der Waals surface area contributed by atoms with Crippen LogP contribution in [0.2, 0.25) is 0 Å². The van der Waals surface area contributed by atoms with Crippen molar-refractivity contribution in [2.75, 3.05) is 11.9 Å². The van der Waals surface area contributed by atoms with Gasteiger partial charge in [0, 0.05) is 22.6 Å². The van der Waals surface area contributed by atoms with Crippen molar-refractivity contribution in [2.24, 2.45) is 0 Å². The van der Waals surface area contributed by atoms with Crippen molar-refractivity contribution in [3.05, 3.63) is 56.4 Å². The van der Waals surface area contributed by atoms with Gasteiger partial charge >= 0.3 is 0 Å². The van der Waals surface area contributed by atoms with Crippen molar-refractivity contribution in [1.29, 1.82) is 0 Å². The molecule has 1 aliphatic carbocycles. The predicted molar refractivity (Wildman–Crippen MR) is 120 cm³/mol. The summed E-state index contributed by atoms with van der Waals surface area (Å²) in [5, 5.41) is 7.09. The molecule has 1 heterocycles. The zero-order valence-electron chi connectivity index (χ0n) is 15.1.